The second-order valence-corrected chi connectivity index (χ2v) is 7.23. The van der Waals surface area contributed by atoms with Crippen molar-refractivity contribution in [1.29, 1.82) is 0 Å². The van der Waals surface area contributed by atoms with Gasteiger partial charge in [0.25, 0.3) is 0 Å². The van der Waals surface area contributed by atoms with Crippen molar-refractivity contribution in [2.24, 2.45) is 0 Å². The van der Waals surface area contributed by atoms with Crippen molar-refractivity contribution >= 4 is 0 Å². The van der Waals surface area contributed by atoms with Crippen molar-refractivity contribution in [3.05, 3.63) is 29.8 Å². The average Bonchev–Trinajstić information content (AvgIpc) is 2.65. The molecular formula is C19H31NO. The van der Waals surface area contributed by atoms with E-state index in [9.17, 15) is 0 Å². The maximum Gasteiger partial charge on any atom is 0.119 e. The van der Waals surface area contributed by atoms with Gasteiger partial charge in [-0.2, -0.15) is 0 Å². The SMILES string of the molecule is CCNC1CCCCCC1Oc1ccc(C(C)(C)C)cc1. The smallest absolute Gasteiger partial charge is 0.119 e. The Morgan fingerprint density at radius 3 is 2.33 bits per heavy atom. The van der Waals surface area contributed by atoms with Gasteiger partial charge in [0.05, 0.1) is 0 Å². The van der Waals surface area contributed by atoms with Gasteiger partial charge in [0.1, 0.15) is 11.9 Å². The fraction of sp³-hybridized carbons (Fsp3) is 0.684. The maximum absolute atomic E-state index is 6.31. The highest BCUT2D eigenvalue weighted by Crippen LogP contribution is 2.27. The Morgan fingerprint density at radius 1 is 1.05 bits per heavy atom. The van der Waals surface area contributed by atoms with Gasteiger partial charge < -0.3 is 10.1 Å². The van der Waals surface area contributed by atoms with Gasteiger partial charge in [0.15, 0.2) is 0 Å². The Morgan fingerprint density at radius 2 is 1.71 bits per heavy atom. The number of hydrogen-bond donors (Lipinski definition) is 1. The summed E-state index contributed by atoms with van der Waals surface area (Å²) < 4.78 is 6.31. The molecular weight excluding hydrogens is 258 g/mol. The lowest BCUT2D eigenvalue weighted by Crippen LogP contribution is -2.42. The molecule has 2 unspecified atom stereocenters. The fourth-order valence-corrected chi connectivity index (χ4v) is 3.12. The molecule has 2 nitrogen and oxygen atoms in total. The summed E-state index contributed by atoms with van der Waals surface area (Å²) in [5.74, 6) is 1.01. The topological polar surface area (TPSA) is 21.3 Å². The molecule has 1 aromatic rings. The third kappa shape index (κ3) is 4.74. The largest absolute Gasteiger partial charge is 0.489 e. The Balaban J connectivity index is 2.04. The minimum Gasteiger partial charge on any atom is -0.489 e. The van der Waals surface area contributed by atoms with Gasteiger partial charge in [-0.1, -0.05) is 52.7 Å². The molecule has 1 aliphatic rings. The highest BCUT2D eigenvalue weighted by Gasteiger charge is 2.24. The van der Waals surface area contributed by atoms with Crippen LogP contribution in [0.1, 0.15) is 65.4 Å². The predicted octanol–water partition coefficient (Wildman–Crippen LogP) is 4.67. The minimum absolute atomic E-state index is 0.202. The van der Waals surface area contributed by atoms with Gasteiger partial charge >= 0.3 is 0 Å². The van der Waals surface area contributed by atoms with Crippen molar-refractivity contribution in [2.75, 3.05) is 6.54 Å². The first-order valence-electron chi connectivity index (χ1n) is 8.51. The van der Waals surface area contributed by atoms with Gasteiger partial charge in [0, 0.05) is 6.04 Å². The summed E-state index contributed by atoms with van der Waals surface area (Å²) in [6.45, 7) is 9.94. The Kier molecular flexibility index (Phi) is 5.69. The van der Waals surface area contributed by atoms with Crippen LogP contribution in [-0.4, -0.2) is 18.7 Å². The van der Waals surface area contributed by atoms with Crippen LogP contribution in [0.4, 0.5) is 0 Å². The van der Waals surface area contributed by atoms with Crippen LogP contribution in [0, 0.1) is 0 Å². The molecule has 21 heavy (non-hydrogen) atoms. The highest BCUT2D eigenvalue weighted by atomic mass is 16.5. The maximum atomic E-state index is 6.31. The molecule has 0 radical (unpaired) electrons. The molecule has 0 spiro atoms. The summed E-state index contributed by atoms with van der Waals surface area (Å²) in [4.78, 5) is 0. The molecule has 1 fully saturated rings. The number of hydrogen-bond acceptors (Lipinski definition) is 2. The summed E-state index contributed by atoms with van der Waals surface area (Å²) in [7, 11) is 0. The Bertz CT molecular complexity index is 418. The van der Waals surface area contributed by atoms with E-state index in [1.807, 2.05) is 0 Å². The monoisotopic (exact) mass is 289 g/mol. The predicted molar refractivity (Wildman–Crippen MR) is 90.1 cm³/mol. The van der Waals surface area contributed by atoms with Crippen LogP contribution in [0.15, 0.2) is 24.3 Å². The van der Waals surface area contributed by atoms with E-state index in [0.717, 1.165) is 12.3 Å². The number of benzene rings is 1. The normalized spacial score (nSPS) is 23.6. The highest BCUT2D eigenvalue weighted by molar-refractivity contribution is 5.31. The van der Waals surface area contributed by atoms with Crippen molar-refractivity contribution in [3.63, 3.8) is 0 Å². The molecule has 2 heteroatoms. The quantitative estimate of drug-likeness (QED) is 0.813. The summed E-state index contributed by atoms with van der Waals surface area (Å²) in [6.07, 6.45) is 6.66. The lowest BCUT2D eigenvalue weighted by molar-refractivity contribution is 0.145. The number of ether oxygens (including phenoxy) is 1. The van der Waals surface area contributed by atoms with Crippen molar-refractivity contribution in [1.82, 2.24) is 5.32 Å². The van der Waals surface area contributed by atoms with E-state index in [2.05, 4.69) is 57.3 Å². The molecule has 0 bridgehead atoms. The second-order valence-electron chi connectivity index (χ2n) is 7.23. The van der Waals surface area contributed by atoms with E-state index < -0.39 is 0 Å². The zero-order chi connectivity index (χ0) is 15.3. The third-order valence-corrected chi connectivity index (χ3v) is 4.43. The Hall–Kier alpha value is -1.02. The molecule has 2 rings (SSSR count). The molecule has 118 valence electrons. The molecule has 0 amide bonds. The summed E-state index contributed by atoms with van der Waals surface area (Å²) in [5, 5.41) is 3.61. The standard InChI is InChI=1S/C19H31NO/c1-5-20-17-9-7-6-8-10-18(17)21-16-13-11-15(12-14-16)19(2,3)4/h11-14,17-18,20H,5-10H2,1-4H3. The summed E-state index contributed by atoms with van der Waals surface area (Å²) in [5.41, 5.74) is 1.56. The summed E-state index contributed by atoms with van der Waals surface area (Å²) in [6, 6.07) is 9.17. The van der Waals surface area contributed by atoms with Gasteiger partial charge in [-0.15, -0.1) is 0 Å². The van der Waals surface area contributed by atoms with Gasteiger partial charge in [0.2, 0.25) is 0 Å². The van der Waals surface area contributed by atoms with Crippen LogP contribution >= 0.6 is 0 Å². The number of nitrogens with one attached hydrogen (secondary N) is 1. The van der Waals surface area contributed by atoms with Gasteiger partial charge in [-0.25, -0.2) is 0 Å². The van der Waals surface area contributed by atoms with Crippen molar-refractivity contribution < 1.29 is 4.74 Å². The van der Waals surface area contributed by atoms with Gasteiger partial charge in [-0.3, -0.25) is 0 Å². The lowest BCUT2D eigenvalue weighted by atomic mass is 9.87. The van der Waals surface area contributed by atoms with Crippen LogP contribution in [0.25, 0.3) is 0 Å². The zero-order valence-corrected chi connectivity index (χ0v) is 14.1. The van der Waals surface area contributed by atoms with Crippen molar-refractivity contribution in [3.8, 4) is 5.75 Å². The third-order valence-electron chi connectivity index (χ3n) is 4.43. The lowest BCUT2D eigenvalue weighted by Gasteiger charge is -2.27. The first-order valence-corrected chi connectivity index (χ1v) is 8.51. The van der Waals surface area contributed by atoms with Crippen LogP contribution in [0.3, 0.4) is 0 Å². The average molecular weight is 289 g/mol. The van der Waals surface area contributed by atoms with E-state index in [1.54, 1.807) is 0 Å². The number of likely N-dealkylation sites (N-methyl/N-ethyl adjacent to an activating group) is 1. The summed E-state index contributed by atoms with van der Waals surface area (Å²) >= 11 is 0. The fourth-order valence-electron chi connectivity index (χ4n) is 3.12. The van der Waals surface area contributed by atoms with Crippen LogP contribution in [-0.2, 0) is 5.41 Å². The second kappa shape index (κ2) is 7.31. The van der Waals surface area contributed by atoms with Crippen LogP contribution < -0.4 is 10.1 Å². The van der Waals surface area contributed by atoms with Crippen molar-refractivity contribution in [2.45, 2.75) is 77.4 Å². The minimum atomic E-state index is 0.202. The molecule has 1 saturated carbocycles. The first-order chi connectivity index (χ1) is 10.0. The molecule has 1 aromatic carbocycles. The molecule has 0 heterocycles. The van der Waals surface area contributed by atoms with Gasteiger partial charge in [-0.05, 0) is 48.9 Å². The molecule has 1 N–H and O–H groups in total. The van der Waals surface area contributed by atoms with Crippen LogP contribution in [0.5, 0.6) is 5.75 Å². The Labute approximate surface area is 130 Å². The molecule has 0 saturated heterocycles. The van der Waals surface area contributed by atoms with E-state index in [1.165, 1.54) is 37.7 Å². The molecule has 2 atom stereocenters. The number of rotatable bonds is 4. The molecule has 0 aliphatic heterocycles. The first kappa shape index (κ1) is 16.4. The zero-order valence-electron chi connectivity index (χ0n) is 14.1. The molecule has 1 aliphatic carbocycles. The van der Waals surface area contributed by atoms with E-state index in [4.69, 9.17) is 4.74 Å². The van der Waals surface area contributed by atoms with E-state index in [-0.39, 0.29) is 5.41 Å². The van der Waals surface area contributed by atoms with E-state index in [0.29, 0.717) is 12.1 Å². The van der Waals surface area contributed by atoms with E-state index >= 15 is 0 Å². The molecule has 0 aromatic heterocycles. The van der Waals surface area contributed by atoms with Crippen LogP contribution in [0.2, 0.25) is 0 Å².